The number of ether oxygens (including phenoxy) is 1. The van der Waals surface area contributed by atoms with Crippen LogP contribution in [0.5, 0.6) is 5.75 Å². The molecule has 0 radical (unpaired) electrons. The van der Waals surface area contributed by atoms with Crippen molar-refractivity contribution < 1.29 is 14.9 Å². The molecule has 5 nitrogen and oxygen atoms in total. The molecule has 4 atom stereocenters. The molecule has 2 heterocycles. The zero-order chi connectivity index (χ0) is 24.0. The first-order valence-electron chi connectivity index (χ1n) is 12.3. The Kier molecular flexibility index (Phi) is 5.73. The van der Waals surface area contributed by atoms with Crippen molar-refractivity contribution in [2.24, 2.45) is 5.92 Å². The summed E-state index contributed by atoms with van der Waals surface area (Å²) in [5.74, 6) is 1.13. The van der Waals surface area contributed by atoms with E-state index in [-0.39, 0.29) is 11.3 Å². The van der Waals surface area contributed by atoms with Crippen LogP contribution in [0.1, 0.15) is 67.6 Å². The van der Waals surface area contributed by atoms with Crippen LogP contribution in [0.15, 0.2) is 60.9 Å². The molecule has 0 bridgehead atoms. The number of rotatable bonds is 5. The fraction of sp³-hybridized carbons (Fsp3) is 0.448. The first-order chi connectivity index (χ1) is 16.3. The molecule has 5 heteroatoms. The van der Waals surface area contributed by atoms with Crippen LogP contribution in [0.4, 0.5) is 0 Å². The molecular formula is C29H34N2O3. The third kappa shape index (κ3) is 3.62. The second-order valence-electron chi connectivity index (χ2n) is 10.3. The summed E-state index contributed by atoms with van der Waals surface area (Å²) in [4.78, 5) is 8.78. The molecule has 2 aliphatic carbocycles. The molecule has 0 saturated heterocycles. The van der Waals surface area contributed by atoms with Gasteiger partial charge in [0.25, 0.3) is 0 Å². The van der Waals surface area contributed by atoms with Gasteiger partial charge in [-0.2, -0.15) is 0 Å². The first kappa shape index (κ1) is 23.0. The van der Waals surface area contributed by atoms with Gasteiger partial charge in [0.2, 0.25) is 0 Å². The number of aryl methyl sites for hydroxylation is 2. The molecule has 2 unspecified atom stereocenters. The number of fused-ring (bicyclic) bond motifs is 3. The van der Waals surface area contributed by atoms with Gasteiger partial charge in [-0.15, -0.1) is 0 Å². The van der Waals surface area contributed by atoms with Crippen LogP contribution in [0, 0.1) is 12.8 Å². The lowest BCUT2D eigenvalue weighted by Gasteiger charge is -2.58. The molecule has 0 amide bonds. The van der Waals surface area contributed by atoms with Crippen molar-refractivity contribution in [1.82, 2.24) is 9.97 Å². The molecule has 0 spiro atoms. The van der Waals surface area contributed by atoms with Gasteiger partial charge in [-0.25, -0.2) is 0 Å². The fourth-order valence-corrected chi connectivity index (χ4v) is 6.48. The molecule has 1 aromatic carbocycles. The Bertz CT molecular complexity index is 1180. The minimum absolute atomic E-state index is 0.184. The molecular weight excluding hydrogens is 424 g/mol. The van der Waals surface area contributed by atoms with Crippen molar-refractivity contribution >= 4 is 0 Å². The highest BCUT2D eigenvalue weighted by Crippen LogP contribution is 2.59. The number of hydrogen-bond acceptors (Lipinski definition) is 5. The van der Waals surface area contributed by atoms with Gasteiger partial charge in [-0.05, 0) is 93.3 Å². The number of aliphatic hydroxyl groups is 2. The molecule has 5 rings (SSSR count). The molecule has 0 aliphatic heterocycles. The summed E-state index contributed by atoms with van der Waals surface area (Å²) in [6.07, 6.45) is 7.30. The number of aromatic nitrogens is 2. The fourth-order valence-electron chi connectivity index (χ4n) is 6.48. The summed E-state index contributed by atoms with van der Waals surface area (Å²) in [6, 6.07) is 15.9. The summed E-state index contributed by atoms with van der Waals surface area (Å²) < 4.78 is 6.14. The van der Waals surface area contributed by atoms with Gasteiger partial charge in [-0.1, -0.05) is 25.1 Å². The number of pyridine rings is 2. The van der Waals surface area contributed by atoms with Gasteiger partial charge < -0.3 is 14.9 Å². The van der Waals surface area contributed by atoms with Crippen LogP contribution in [0.25, 0.3) is 0 Å². The maximum Gasteiger partial charge on any atom is 0.135 e. The maximum absolute atomic E-state index is 11.8. The zero-order valence-electron chi connectivity index (χ0n) is 20.3. The predicted molar refractivity (Wildman–Crippen MR) is 132 cm³/mol. The number of nitrogens with zero attached hydrogens (tertiary/aromatic N) is 2. The Morgan fingerprint density at radius 1 is 1.06 bits per heavy atom. The summed E-state index contributed by atoms with van der Waals surface area (Å²) in [5, 5.41) is 23.5. The quantitative estimate of drug-likeness (QED) is 0.562. The Hall–Kier alpha value is -2.76. The van der Waals surface area contributed by atoms with E-state index in [1.54, 1.807) is 19.3 Å². The molecule has 2 aliphatic rings. The number of benzene rings is 1. The second-order valence-corrected chi connectivity index (χ2v) is 10.3. The van der Waals surface area contributed by atoms with E-state index < -0.39 is 11.2 Å². The van der Waals surface area contributed by atoms with E-state index in [0.717, 1.165) is 36.3 Å². The van der Waals surface area contributed by atoms with Gasteiger partial charge >= 0.3 is 0 Å². The molecule has 1 saturated carbocycles. The smallest absolute Gasteiger partial charge is 0.135 e. The molecule has 1 fully saturated rings. The van der Waals surface area contributed by atoms with Crippen LogP contribution < -0.4 is 4.74 Å². The largest absolute Gasteiger partial charge is 0.489 e. The Morgan fingerprint density at radius 2 is 1.88 bits per heavy atom. The van der Waals surface area contributed by atoms with Crippen LogP contribution in [0.2, 0.25) is 0 Å². The molecule has 178 valence electrons. The van der Waals surface area contributed by atoms with Crippen molar-refractivity contribution in [3.63, 3.8) is 0 Å². The SMILES string of the molecule is CC[C@@]12CC(C)(O)C(O)(c3ccccn3)C[C@H]1CCc1cc(OCc3cccnc3C)ccc12. The van der Waals surface area contributed by atoms with Gasteiger partial charge in [-0.3, -0.25) is 9.97 Å². The van der Waals surface area contributed by atoms with Crippen molar-refractivity contribution in [3.05, 3.63) is 89.0 Å². The maximum atomic E-state index is 11.8. The van der Waals surface area contributed by atoms with E-state index in [1.165, 1.54) is 11.1 Å². The lowest BCUT2D eigenvalue weighted by molar-refractivity contribution is -0.207. The van der Waals surface area contributed by atoms with E-state index in [0.29, 0.717) is 25.1 Å². The zero-order valence-corrected chi connectivity index (χ0v) is 20.3. The first-order valence-corrected chi connectivity index (χ1v) is 12.3. The number of hydrogen-bond donors (Lipinski definition) is 2. The van der Waals surface area contributed by atoms with Crippen LogP contribution >= 0.6 is 0 Å². The monoisotopic (exact) mass is 458 g/mol. The Balaban J connectivity index is 1.45. The highest BCUT2D eigenvalue weighted by Gasteiger charge is 2.61. The van der Waals surface area contributed by atoms with Crippen molar-refractivity contribution in [2.75, 3.05) is 0 Å². The van der Waals surface area contributed by atoms with Crippen molar-refractivity contribution in [3.8, 4) is 5.75 Å². The third-order valence-corrected chi connectivity index (χ3v) is 8.48. The van der Waals surface area contributed by atoms with Gasteiger partial charge in [0.1, 0.15) is 18.0 Å². The summed E-state index contributed by atoms with van der Waals surface area (Å²) in [6.45, 7) is 6.47. The van der Waals surface area contributed by atoms with E-state index in [9.17, 15) is 10.2 Å². The van der Waals surface area contributed by atoms with Crippen LogP contribution in [0.3, 0.4) is 0 Å². The predicted octanol–water partition coefficient (Wildman–Crippen LogP) is 5.01. The van der Waals surface area contributed by atoms with Gasteiger partial charge in [0.15, 0.2) is 0 Å². The topological polar surface area (TPSA) is 75.5 Å². The highest BCUT2D eigenvalue weighted by atomic mass is 16.5. The van der Waals surface area contributed by atoms with Crippen molar-refractivity contribution in [2.45, 2.75) is 76.1 Å². The van der Waals surface area contributed by atoms with E-state index in [1.807, 2.05) is 37.3 Å². The van der Waals surface area contributed by atoms with E-state index >= 15 is 0 Å². The van der Waals surface area contributed by atoms with Crippen molar-refractivity contribution in [1.29, 1.82) is 0 Å². The minimum atomic E-state index is -1.36. The van der Waals surface area contributed by atoms with Gasteiger partial charge in [0.05, 0.1) is 11.3 Å². The Morgan fingerprint density at radius 3 is 2.62 bits per heavy atom. The average Bonchev–Trinajstić information content (AvgIpc) is 2.84. The van der Waals surface area contributed by atoms with Crippen LogP contribution in [-0.4, -0.2) is 25.8 Å². The normalized spacial score (nSPS) is 30.3. The molecule has 2 N–H and O–H groups in total. The average molecular weight is 459 g/mol. The lowest BCUT2D eigenvalue weighted by Crippen LogP contribution is -2.62. The van der Waals surface area contributed by atoms with E-state index in [4.69, 9.17) is 4.74 Å². The molecule has 34 heavy (non-hydrogen) atoms. The van der Waals surface area contributed by atoms with E-state index in [2.05, 4.69) is 35.1 Å². The standard InChI is InChI=1S/C29H34N2O3/c1-4-28-19-27(3,32)29(33,26-9-5-6-14-31-26)17-23(28)11-10-21-16-24(12-13-25(21)28)34-18-22-8-7-15-30-20(22)2/h5-9,12-16,23,32-33H,4,10-11,17-19H2,1-3H3/t23-,27?,28-,29?/m1/s1. The summed E-state index contributed by atoms with van der Waals surface area (Å²) >= 11 is 0. The summed E-state index contributed by atoms with van der Waals surface area (Å²) in [7, 11) is 0. The van der Waals surface area contributed by atoms with Gasteiger partial charge in [0, 0.05) is 29.1 Å². The minimum Gasteiger partial charge on any atom is -0.489 e. The molecule has 2 aromatic heterocycles. The Labute approximate surface area is 201 Å². The molecule has 3 aromatic rings. The van der Waals surface area contributed by atoms with Crippen LogP contribution in [-0.2, 0) is 24.0 Å². The second kappa shape index (κ2) is 8.47. The summed E-state index contributed by atoms with van der Waals surface area (Å²) in [5.41, 5.74) is 2.37. The lowest BCUT2D eigenvalue weighted by atomic mass is 9.49. The highest BCUT2D eigenvalue weighted by molar-refractivity contribution is 5.45. The third-order valence-electron chi connectivity index (χ3n) is 8.48.